The second-order valence-electron chi connectivity index (χ2n) is 5.09. The van der Waals surface area contributed by atoms with Gasteiger partial charge < -0.3 is 0 Å². The maximum absolute atomic E-state index is 6.01. The van der Waals surface area contributed by atoms with Gasteiger partial charge in [-0.15, -0.1) is 0 Å². The van der Waals surface area contributed by atoms with Crippen LogP contribution in [0.1, 0.15) is 35.2 Å². The minimum Gasteiger partial charge on any atom is -0.271 e. The quantitative estimate of drug-likeness (QED) is 0.646. The van der Waals surface area contributed by atoms with Crippen LogP contribution in [0.5, 0.6) is 0 Å². The molecule has 2 aromatic rings. The molecule has 0 aliphatic carbocycles. The van der Waals surface area contributed by atoms with Crippen LogP contribution in [-0.4, -0.2) is 0 Å². The normalized spacial score (nSPS) is 12.4. The van der Waals surface area contributed by atoms with Crippen molar-refractivity contribution in [2.45, 2.75) is 32.7 Å². The summed E-state index contributed by atoms with van der Waals surface area (Å²) in [6, 6.07) is 14.7. The molecule has 0 heterocycles. The molecule has 3 N–H and O–H groups in total. The van der Waals surface area contributed by atoms with Gasteiger partial charge in [0.15, 0.2) is 0 Å². The van der Waals surface area contributed by atoms with Crippen molar-refractivity contribution in [2.75, 3.05) is 0 Å². The molecule has 0 amide bonds. The minimum atomic E-state index is 0.0970. The molecule has 106 valence electrons. The molecule has 0 radical (unpaired) electrons. The van der Waals surface area contributed by atoms with Crippen molar-refractivity contribution in [2.24, 2.45) is 5.84 Å². The van der Waals surface area contributed by atoms with Gasteiger partial charge in [0.05, 0.1) is 6.04 Å². The van der Waals surface area contributed by atoms with Gasteiger partial charge >= 0.3 is 0 Å². The van der Waals surface area contributed by atoms with Crippen molar-refractivity contribution in [1.82, 2.24) is 5.43 Å². The molecule has 0 saturated carbocycles. The third-order valence-electron chi connectivity index (χ3n) is 3.68. The molecule has 0 saturated heterocycles. The summed E-state index contributed by atoms with van der Waals surface area (Å²) in [5, 5.41) is 0.759. The highest BCUT2D eigenvalue weighted by atomic mass is 35.5. The largest absolute Gasteiger partial charge is 0.271 e. The predicted octanol–water partition coefficient (Wildman–Crippen LogP) is 3.96. The monoisotopic (exact) mass is 288 g/mol. The van der Waals surface area contributed by atoms with Gasteiger partial charge in [-0.3, -0.25) is 11.3 Å². The first kappa shape index (κ1) is 15.0. The Bertz CT molecular complexity index is 564. The number of hydrogen-bond donors (Lipinski definition) is 2. The van der Waals surface area contributed by atoms with Crippen molar-refractivity contribution >= 4 is 11.6 Å². The zero-order chi connectivity index (χ0) is 14.5. The first-order valence-electron chi connectivity index (χ1n) is 6.94. The van der Waals surface area contributed by atoms with E-state index in [0.717, 1.165) is 23.4 Å². The molecule has 0 bridgehead atoms. The number of nitrogens with two attached hydrogens (primary N) is 1. The van der Waals surface area contributed by atoms with Crippen LogP contribution >= 0.6 is 11.6 Å². The Balaban J connectivity index is 2.19. The molecule has 0 aliphatic heterocycles. The molecule has 1 atom stereocenters. The Hall–Kier alpha value is -1.35. The molecule has 20 heavy (non-hydrogen) atoms. The lowest BCUT2D eigenvalue weighted by atomic mass is 9.95. The standard InChI is InChI=1S/C17H21ClN2/c1-3-13-4-6-14(7-5-13)11-17(20-19)16-9-8-15(18)10-12(16)2/h4-10,17,20H,3,11,19H2,1-2H3. The maximum atomic E-state index is 6.01. The summed E-state index contributed by atoms with van der Waals surface area (Å²) >= 11 is 6.01. The first-order valence-corrected chi connectivity index (χ1v) is 7.31. The number of hydrogen-bond acceptors (Lipinski definition) is 2. The van der Waals surface area contributed by atoms with Crippen LogP contribution in [0.4, 0.5) is 0 Å². The van der Waals surface area contributed by atoms with Crippen LogP contribution in [0.2, 0.25) is 5.02 Å². The van der Waals surface area contributed by atoms with E-state index < -0.39 is 0 Å². The van der Waals surface area contributed by atoms with Crippen molar-refractivity contribution in [3.63, 3.8) is 0 Å². The fraction of sp³-hybridized carbons (Fsp3) is 0.294. The molecule has 2 rings (SSSR count). The summed E-state index contributed by atoms with van der Waals surface area (Å²) in [4.78, 5) is 0. The van der Waals surface area contributed by atoms with E-state index in [1.54, 1.807) is 0 Å². The molecule has 0 spiro atoms. The molecule has 0 aromatic heterocycles. The van der Waals surface area contributed by atoms with Crippen LogP contribution in [0, 0.1) is 6.92 Å². The van der Waals surface area contributed by atoms with Gasteiger partial charge in [0.2, 0.25) is 0 Å². The molecular weight excluding hydrogens is 268 g/mol. The van der Waals surface area contributed by atoms with Crippen LogP contribution < -0.4 is 11.3 Å². The molecule has 3 heteroatoms. The van der Waals surface area contributed by atoms with Crippen molar-refractivity contribution in [1.29, 1.82) is 0 Å². The Morgan fingerprint density at radius 1 is 1.10 bits per heavy atom. The zero-order valence-corrected chi connectivity index (χ0v) is 12.7. The second kappa shape index (κ2) is 6.89. The van der Waals surface area contributed by atoms with E-state index in [0.29, 0.717) is 0 Å². The Morgan fingerprint density at radius 3 is 2.30 bits per heavy atom. The average Bonchev–Trinajstić information content (AvgIpc) is 2.46. The van der Waals surface area contributed by atoms with Crippen LogP contribution in [-0.2, 0) is 12.8 Å². The molecule has 2 aromatic carbocycles. The van der Waals surface area contributed by atoms with Gasteiger partial charge in [-0.1, -0.05) is 48.9 Å². The van der Waals surface area contributed by atoms with Gasteiger partial charge in [-0.25, -0.2) is 0 Å². The number of aryl methyl sites for hydroxylation is 2. The van der Waals surface area contributed by atoms with E-state index in [1.807, 2.05) is 18.2 Å². The summed E-state index contributed by atoms with van der Waals surface area (Å²) in [6.07, 6.45) is 1.93. The van der Waals surface area contributed by atoms with Crippen molar-refractivity contribution in [3.8, 4) is 0 Å². The summed E-state index contributed by atoms with van der Waals surface area (Å²) in [6.45, 7) is 4.22. The van der Waals surface area contributed by atoms with E-state index >= 15 is 0 Å². The topological polar surface area (TPSA) is 38.0 Å². The van der Waals surface area contributed by atoms with E-state index in [9.17, 15) is 0 Å². The van der Waals surface area contributed by atoms with E-state index in [-0.39, 0.29) is 6.04 Å². The van der Waals surface area contributed by atoms with Gasteiger partial charge in [0.1, 0.15) is 0 Å². The minimum absolute atomic E-state index is 0.0970. The Labute approximate surface area is 125 Å². The van der Waals surface area contributed by atoms with Crippen LogP contribution in [0.25, 0.3) is 0 Å². The van der Waals surface area contributed by atoms with Crippen LogP contribution in [0.15, 0.2) is 42.5 Å². The Morgan fingerprint density at radius 2 is 1.75 bits per heavy atom. The fourth-order valence-electron chi connectivity index (χ4n) is 2.44. The Kier molecular flexibility index (Phi) is 5.18. The summed E-state index contributed by atoms with van der Waals surface area (Å²) in [5.41, 5.74) is 7.89. The van der Waals surface area contributed by atoms with Crippen molar-refractivity contribution in [3.05, 3.63) is 69.7 Å². The highest BCUT2D eigenvalue weighted by molar-refractivity contribution is 6.30. The van der Waals surface area contributed by atoms with Gasteiger partial charge in [0.25, 0.3) is 0 Å². The number of nitrogens with one attached hydrogen (secondary N) is 1. The smallest absolute Gasteiger partial charge is 0.0502 e. The van der Waals surface area contributed by atoms with Gasteiger partial charge in [-0.05, 0) is 54.2 Å². The van der Waals surface area contributed by atoms with Gasteiger partial charge in [-0.2, -0.15) is 0 Å². The van der Waals surface area contributed by atoms with E-state index in [4.69, 9.17) is 17.4 Å². The molecule has 0 aliphatic rings. The lowest BCUT2D eigenvalue weighted by molar-refractivity contribution is 0.549. The summed E-state index contributed by atoms with van der Waals surface area (Å²) < 4.78 is 0. The molecule has 2 nitrogen and oxygen atoms in total. The highest BCUT2D eigenvalue weighted by Gasteiger charge is 2.13. The van der Waals surface area contributed by atoms with Crippen LogP contribution in [0.3, 0.4) is 0 Å². The zero-order valence-electron chi connectivity index (χ0n) is 12.0. The average molecular weight is 289 g/mol. The number of halogens is 1. The molecule has 1 unspecified atom stereocenters. The third kappa shape index (κ3) is 3.60. The molecular formula is C17H21ClN2. The SMILES string of the molecule is CCc1ccc(CC(NN)c2ccc(Cl)cc2C)cc1. The first-order chi connectivity index (χ1) is 9.63. The second-order valence-corrected chi connectivity index (χ2v) is 5.53. The maximum Gasteiger partial charge on any atom is 0.0502 e. The fourth-order valence-corrected chi connectivity index (χ4v) is 2.66. The summed E-state index contributed by atoms with van der Waals surface area (Å²) in [5.74, 6) is 5.73. The summed E-state index contributed by atoms with van der Waals surface area (Å²) in [7, 11) is 0. The lowest BCUT2D eigenvalue weighted by Crippen LogP contribution is -2.30. The predicted molar refractivity (Wildman–Crippen MR) is 85.8 cm³/mol. The van der Waals surface area contributed by atoms with E-state index in [2.05, 4.69) is 43.5 Å². The number of hydrazine groups is 1. The third-order valence-corrected chi connectivity index (χ3v) is 3.91. The molecule has 0 fully saturated rings. The number of rotatable bonds is 5. The van der Waals surface area contributed by atoms with Crippen molar-refractivity contribution < 1.29 is 0 Å². The number of benzene rings is 2. The van der Waals surface area contributed by atoms with E-state index in [1.165, 1.54) is 16.7 Å². The van der Waals surface area contributed by atoms with Gasteiger partial charge in [0, 0.05) is 5.02 Å². The lowest BCUT2D eigenvalue weighted by Gasteiger charge is -2.19. The highest BCUT2D eigenvalue weighted by Crippen LogP contribution is 2.24.